The van der Waals surface area contributed by atoms with Crippen LogP contribution in [0.2, 0.25) is 0 Å². The van der Waals surface area contributed by atoms with Crippen molar-refractivity contribution < 1.29 is 4.74 Å². The molecule has 0 aliphatic heterocycles. The Labute approximate surface area is 104 Å². The molecule has 0 amide bonds. The van der Waals surface area contributed by atoms with Gasteiger partial charge < -0.3 is 10.5 Å². The van der Waals surface area contributed by atoms with Crippen molar-refractivity contribution >= 4 is 0 Å². The average molecular weight is 233 g/mol. The molecule has 3 unspecified atom stereocenters. The molecule has 94 valence electrons. The molecule has 1 saturated carbocycles. The van der Waals surface area contributed by atoms with Gasteiger partial charge in [-0.3, -0.25) is 0 Å². The third kappa shape index (κ3) is 3.30. The predicted octanol–water partition coefficient (Wildman–Crippen LogP) is 3.28. The second-order valence-electron chi connectivity index (χ2n) is 5.01. The van der Waals surface area contributed by atoms with Crippen molar-refractivity contribution in [1.29, 1.82) is 0 Å². The Morgan fingerprint density at radius 1 is 1.24 bits per heavy atom. The van der Waals surface area contributed by atoms with Crippen LogP contribution in [0.1, 0.15) is 44.3 Å². The molecule has 0 saturated heterocycles. The lowest BCUT2D eigenvalue weighted by Gasteiger charge is -2.33. The van der Waals surface area contributed by atoms with E-state index < -0.39 is 0 Å². The Bertz CT molecular complexity index is 325. The molecule has 1 fully saturated rings. The maximum atomic E-state index is 6.20. The van der Waals surface area contributed by atoms with Gasteiger partial charge in [0.15, 0.2) is 0 Å². The maximum Gasteiger partial charge on any atom is 0.0800 e. The molecule has 0 heterocycles. The molecular formula is C15H23NO. The Hall–Kier alpha value is -0.860. The van der Waals surface area contributed by atoms with Crippen molar-refractivity contribution in [3.8, 4) is 0 Å². The van der Waals surface area contributed by atoms with E-state index in [9.17, 15) is 0 Å². The summed E-state index contributed by atoms with van der Waals surface area (Å²) in [5, 5.41) is 0. The van der Waals surface area contributed by atoms with E-state index >= 15 is 0 Å². The van der Waals surface area contributed by atoms with E-state index in [0.717, 1.165) is 6.54 Å². The van der Waals surface area contributed by atoms with Crippen LogP contribution >= 0.6 is 0 Å². The smallest absolute Gasteiger partial charge is 0.0800 e. The SMILES string of the molecule is CC(OC1CCCCC1CN)c1ccccc1. The van der Waals surface area contributed by atoms with E-state index in [-0.39, 0.29) is 6.10 Å². The Balaban J connectivity index is 1.95. The molecule has 2 rings (SSSR count). The molecule has 1 aliphatic carbocycles. The van der Waals surface area contributed by atoms with Crippen LogP contribution < -0.4 is 5.73 Å². The van der Waals surface area contributed by atoms with Crippen LogP contribution in [0, 0.1) is 5.92 Å². The fraction of sp³-hybridized carbons (Fsp3) is 0.600. The zero-order valence-electron chi connectivity index (χ0n) is 10.6. The summed E-state index contributed by atoms with van der Waals surface area (Å²) in [6, 6.07) is 10.4. The summed E-state index contributed by atoms with van der Waals surface area (Å²) < 4.78 is 6.20. The molecule has 3 atom stereocenters. The number of nitrogens with two attached hydrogens (primary N) is 1. The molecule has 1 aliphatic rings. The summed E-state index contributed by atoms with van der Waals surface area (Å²) in [4.78, 5) is 0. The van der Waals surface area contributed by atoms with Crippen molar-refractivity contribution in [1.82, 2.24) is 0 Å². The first-order chi connectivity index (χ1) is 8.31. The second kappa shape index (κ2) is 6.18. The molecule has 0 spiro atoms. The predicted molar refractivity (Wildman–Crippen MR) is 70.7 cm³/mol. The highest BCUT2D eigenvalue weighted by atomic mass is 16.5. The van der Waals surface area contributed by atoms with E-state index in [2.05, 4.69) is 31.2 Å². The topological polar surface area (TPSA) is 35.2 Å². The molecule has 0 aromatic heterocycles. The summed E-state index contributed by atoms with van der Waals surface area (Å²) in [6.45, 7) is 2.89. The van der Waals surface area contributed by atoms with Crippen molar-refractivity contribution in [2.45, 2.75) is 44.8 Å². The van der Waals surface area contributed by atoms with Gasteiger partial charge in [0.1, 0.15) is 0 Å². The number of ether oxygens (including phenoxy) is 1. The number of rotatable bonds is 4. The second-order valence-corrected chi connectivity index (χ2v) is 5.01. The highest BCUT2D eigenvalue weighted by molar-refractivity contribution is 5.16. The third-order valence-electron chi connectivity index (χ3n) is 3.79. The fourth-order valence-electron chi connectivity index (χ4n) is 2.69. The lowest BCUT2D eigenvalue weighted by Crippen LogP contribution is -2.33. The van der Waals surface area contributed by atoms with Crippen LogP contribution in [-0.2, 0) is 4.74 Å². The largest absolute Gasteiger partial charge is 0.370 e. The number of benzene rings is 1. The monoisotopic (exact) mass is 233 g/mol. The summed E-state index contributed by atoms with van der Waals surface area (Å²) in [5.41, 5.74) is 7.09. The van der Waals surface area contributed by atoms with Gasteiger partial charge in [-0.1, -0.05) is 43.2 Å². The van der Waals surface area contributed by atoms with Crippen molar-refractivity contribution in [3.05, 3.63) is 35.9 Å². The van der Waals surface area contributed by atoms with E-state index in [4.69, 9.17) is 10.5 Å². The molecule has 0 radical (unpaired) electrons. The first-order valence-electron chi connectivity index (χ1n) is 6.71. The van der Waals surface area contributed by atoms with Crippen molar-refractivity contribution in [3.63, 3.8) is 0 Å². The minimum atomic E-state index is 0.174. The number of hydrogen-bond acceptors (Lipinski definition) is 2. The lowest BCUT2D eigenvalue weighted by molar-refractivity contribution is -0.0516. The third-order valence-corrected chi connectivity index (χ3v) is 3.79. The molecule has 2 heteroatoms. The average Bonchev–Trinajstić information content (AvgIpc) is 2.40. The van der Waals surface area contributed by atoms with E-state index in [1.54, 1.807) is 0 Å². The maximum absolute atomic E-state index is 6.20. The van der Waals surface area contributed by atoms with Gasteiger partial charge in [-0.25, -0.2) is 0 Å². The van der Waals surface area contributed by atoms with E-state index in [1.807, 2.05) is 6.07 Å². The van der Waals surface area contributed by atoms with Gasteiger partial charge in [-0.2, -0.15) is 0 Å². The van der Waals surface area contributed by atoms with E-state index in [0.29, 0.717) is 12.0 Å². The first-order valence-corrected chi connectivity index (χ1v) is 6.71. The number of hydrogen-bond donors (Lipinski definition) is 1. The zero-order chi connectivity index (χ0) is 12.1. The minimum Gasteiger partial charge on any atom is -0.370 e. The van der Waals surface area contributed by atoms with E-state index in [1.165, 1.54) is 31.2 Å². The van der Waals surface area contributed by atoms with Gasteiger partial charge in [0.2, 0.25) is 0 Å². The Morgan fingerprint density at radius 2 is 1.94 bits per heavy atom. The minimum absolute atomic E-state index is 0.174. The quantitative estimate of drug-likeness (QED) is 0.866. The van der Waals surface area contributed by atoms with Gasteiger partial charge in [0.25, 0.3) is 0 Å². The normalized spacial score (nSPS) is 26.7. The van der Waals surface area contributed by atoms with Crippen LogP contribution in [0.5, 0.6) is 0 Å². The summed E-state index contributed by atoms with van der Waals surface area (Å²) in [6.07, 6.45) is 5.50. The van der Waals surface area contributed by atoms with Crippen molar-refractivity contribution in [2.75, 3.05) is 6.54 Å². The van der Waals surface area contributed by atoms with Gasteiger partial charge in [-0.05, 0) is 37.8 Å². The highest BCUT2D eigenvalue weighted by Gasteiger charge is 2.26. The molecule has 0 bridgehead atoms. The Kier molecular flexibility index (Phi) is 4.57. The first kappa shape index (κ1) is 12.6. The molecule has 1 aromatic carbocycles. The molecule has 2 nitrogen and oxygen atoms in total. The molecule has 2 N–H and O–H groups in total. The molecular weight excluding hydrogens is 210 g/mol. The Morgan fingerprint density at radius 3 is 2.65 bits per heavy atom. The summed E-state index contributed by atoms with van der Waals surface area (Å²) >= 11 is 0. The van der Waals surface area contributed by atoms with Crippen LogP contribution in [-0.4, -0.2) is 12.6 Å². The molecule has 17 heavy (non-hydrogen) atoms. The summed E-state index contributed by atoms with van der Waals surface area (Å²) in [7, 11) is 0. The lowest BCUT2D eigenvalue weighted by atomic mass is 9.86. The van der Waals surface area contributed by atoms with Gasteiger partial charge in [-0.15, -0.1) is 0 Å². The van der Waals surface area contributed by atoms with Crippen LogP contribution in [0.3, 0.4) is 0 Å². The summed E-state index contributed by atoms with van der Waals surface area (Å²) in [5.74, 6) is 0.551. The zero-order valence-corrected chi connectivity index (χ0v) is 10.6. The van der Waals surface area contributed by atoms with Gasteiger partial charge >= 0.3 is 0 Å². The van der Waals surface area contributed by atoms with Crippen molar-refractivity contribution in [2.24, 2.45) is 11.7 Å². The van der Waals surface area contributed by atoms with Crippen LogP contribution in [0.25, 0.3) is 0 Å². The van der Waals surface area contributed by atoms with Crippen LogP contribution in [0.4, 0.5) is 0 Å². The fourth-order valence-corrected chi connectivity index (χ4v) is 2.69. The van der Waals surface area contributed by atoms with Gasteiger partial charge in [0, 0.05) is 0 Å². The highest BCUT2D eigenvalue weighted by Crippen LogP contribution is 2.30. The molecule has 1 aromatic rings. The van der Waals surface area contributed by atoms with Crippen LogP contribution in [0.15, 0.2) is 30.3 Å². The van der Waals surface area contributed by atoms with Gasteiger partial charge in [0.05, 0.1) is 12.2 Å². The standard InChI is InChI=1S/C15H23NO/c1-12(13-7-3-2-4-8-13)17-15-10-6-5-9-14(15)11-16/h2-4,7-8,12,14-15H,5-6,9-11,16H2,1H3.